The predicted molar refractivity (Wildman–Crippen MR) is 76.7 cm³/mol. The predicted octanol–water partition coefficient (Wildman–Crippen LogP) is 2.04. The Labute approximate surface area is 119 Å². The quantitative estimate of drug-likeness (QED) is 0.855. The highest BCUT2D eigenvalue weighted by molar-refractivity contribution is 7.89. The van der Waals surface area contributed by atoms with Crippen molar-refractivity contribution in [3.05, 3.63) is 54.0 Å². The molecule has 1 atom stereocenters. The van der Waals surface area contributed by atoms with Crippen molar-refractivity contribution >= 4 is 10.0 Å². The molecule has 108 valence electrons. The molecular weight excluding hydrogens is 276 g/mol. The van der Waals surface area contributed by atoms with E-state index in [0.717, 1.165) is 11.3 Å². The molecule has 0 spiro atoms. The Morgan fingerprint density at radius 2 is 1.90 bits per heavy atom. The fourth-order valence-corrected chi connectivity index (χ4v) is 2.57. The smallest absolute Gasteiger partial charge is 0.240 e. The first kappa shape index (κ1) is 14.8. The van der Waals surface area contributed by atoms with Crippen LogP contribution in [0.2, 0.25) is 0 Å². The molecule has 0 aliphatic heterocycles. The molecule has 2 aromatic rings. The minimum atomic E-state index is -3.37. The summed E-state index contributed by atoms with van der Waals surface area (Å²) in [5.41, 5.74) is 1.02. The van der Waals surface area contributed by atoms with E-state index in [4.69, 9.17) is 4.42 Å². The minimum absolute atomic E-state index is 0.103. The lowest BCUT2D eigenvalue weighted by Crippen LogP contribution is -2.20. The van der Waals surface area contributed by atoms with E-state index in [-0.39, 0.29) is 10.9 Å². The average Bonchev–Trinajstić information content (AvgIpc) is 2.98. The fourth-order valence-electron chi connectivity index (χ4n) is 1.84. The first-order valence-corrected chi connectivity index (χ1v) is 7.80. The standard InChI is InChI=1S/C14H18N2O3S/c1-11(16-10-13-4-3-9-19-13)12-5-7-14(8-6-12)20(17,18)15-2/h3-9,11,15-16H,10H2,1-2H3. The molecular formula is C14H18N2O3S. The third-order valence-corrected chi connectivity index (χ3v) is 4.55. The van der Waals surface area contributed by atoms with Crippen molar-refractivity contribution in [1.82, 2.24) is 10.0 Å². The molecule has 1 heterocycles. The second-order valence-corrected chi connectivity index (χ2v) is 6.35. The molecule has 6 heteroatoms. The van der Waals surface area contributed by atoms with Crippen molar-refractivity contribution in [2.24, 2.45) is 0 Å². The normalized spacial score (nSPS) is 13.3. The van der Waals surface area contributed by atoms with Gasteiger partial charge in [-0.05, 0) is 43.8 Å². The first-order valence-electron chi connectivity index (χ1n) is 6.32. The van der Waals surface area contributed by atoms with Gasteiger partial charge in [-0.1, -0.05) is 12.1 Å². The summed E-state index contributed by atoms with van der Waals surface area (Å²) in [6, 6.07) is 10.7. The molecule has 2 rings (SSSR count). The number of hydrogen-bond donors (Lipinski definition) is 2. The Morgan fingerprint density at radius 1 is 1.20 bits per heavy atom. The van der Waals surface area contributed by atoms with Gasteiger partial charge in [0.15, 0.2) is 0 Å². The van der Waals surface area contributed by atoms with E-state index in [9.17, 15) is 8.42 Å². The maximum atomic E-state index is 11.6. The van der Waals surface area contributed by atoms with Crippen LogP contribution >= 0.6 is 0 Å². The van der Waals surface area contributed by atoms with E-state index < -0.39 is 10.0 Å². The number of nitrogens with one attached hydrogen (secondary N) is 2. The molecule has 1 unspecified atom stereocenters. The van der Waals surface area contributed by atoms with Gasteiger partial charge in [0.2, 0.25) is 10.0 Å². The molecule has 1 aromatic carbocycles. The van der Waals surface area contributed by atoms with Crippen LogP contribution in [0, 0.1) is 0 Å². The highest BCUT2D eigenvalue weighted by Crippen LogP contribution is 2.16. The van der Waals surface area contributed by atoms with E-state index in [1.54, 1.807) is 18.4 Å². The summed E-state index contributed by atoms with van der Waals surface area (Å²) in [4.78, 5) is 0.266. The zero-order valence-electron chi connectivity index (χ0n) is 11.5. The van der Waals surface area contributed by atoms with Gasteiger partial charge in [0, 0.05) is 6.04 Å². The molecule has 2 N–H and O–H groups in total. The van der Waals surface area contributed by atoms with Gasteiger partial charge in [-0.3, -0.25) is 0 Å². The maximum absolute atomic E-state index is 11.6. The lowest BCUT2D eigenvalue weighted by atomic mass is 10.1. The molecule has 0 aliphatic carbocycles. The van der Waals surface area contributed by atoms with Crippen LogP contribution in [0.5, 0.6) is 0 Å². The first-order chi connectivity index (χ1) is 9.53. The van der Waals surface area contributed by atoms with Gasteiger partial charge in [-0.25, -0.2) is 13.1 Å². The third kappa shape index (κ3) is 3.47. The Balaban J connectivity index is 2.02. The average molecular weight is 294 g/mol. The molecule has 0 radical (unpaired) electrons. The summed E-state index contributed by atoms with van der Waals surface area (Å²) >= 11 is 0. The summed E-state index contributed by atoms with van der Waals surface area (Å²) in [6.07, 6.45) is 1.64. The lowest BCUT2D eigenvalue weighted by Gasteiger charge is -2.14. The summed E-state index contributed by atoms with van der Waals surface area (Å²) in [5.74, 6) is 0.867. The Morgan fingerprint density at radius 3 is 2.45 bits per heavy atom. The third-order valence-electron chi connectivity index (χ3n) is 3.12. The van der Waals surface area contributed by atoms with E-state index >= 15 is 0 Å². The van der Waals surface area contributed by atoms with Gasteiger partial charge < -0.3 is 9.73 Å². The molecule has 20 heavy (non-hydrogen) atoms. The van der Waals surface area contributed by atoms with E-state index in [0.29, 0.717) is 6.54 Å². The zero-order valence-corrected chi connectivity index (χ0v) is 12.3. The Kier molecular flexibility index (Phi) is 4.59. The molecule has 0 aliphatic rings. The van der Waals surface area contributed by atoms with Crippen molar-refractivity contribution in [3.8, 4) is 0 Å². The number of rotatable bonds is 6. The summed E-state index contributed by atoms with van der Waals surface area (Å²) in [5, 5.41) is 3.31. The molecule has 1 aromatic heterocycles. The van der Waals surface area contributed by atoms with Crippen molar-refractivity contribution in [2.45, 2.75) is 24.4 Å². The van der Waals surface area contributed by atoms with Gasteiger partial charge >= 0.3 is 0 Å². The van der Waals surface area contributed by atoms with Crippen molar-refractivity contribution in [1.29, 1.82) is 0 Å². The van der Waals surface area contributed by atoms with Gasteiger partial charge in [0.25, 0.3) is 0 Å². The Bertz CT molecular complexity index is 634. The number of benzene rings is 1. The van der Waals surface area contributed by atoms with Crippen LogP contribution in [-0.4, -0.2) is 15.5 Å². The largest absolute Gasteiger partial charge is 0.468 e. The van der Waals surface area contributed by atoms with Crippen molar-refractivity contribution < 1.29 is 12.8 Å². The summed E-state index contributed by atoms with van der Waals surface area (Å²) < 4.78 is 30.8. The molecule has 5 nitrogen and oxygen atoms in total. The van der Waals surface area contributed by atoms with E-state index in [1.807, 2.05) is 31.2 Å². The van der Waals surface area contributed by atoms with Crippen LogP contribution in [0.1, 0.15) is 24.3 Å². The van der Waals surface area contributed by atoms with Gasteiger partial charge in [-0.2, -0.15) is 0 Å². The second kappa shape index (κ2) is 6.21. The summed E-state index contributed by atoms with van der Waals surface area (Å²) in [7, 11) is -1.97. The Hall–Kier alpha value is -1.63. The topological polar surface area (TPSA) is 71.3 Å². The highest BCUT2D eigenvalue weighted by Gasteiger charge is 2.12. The van der Waals surface area contributed by atoms with Crippen LogP contribution in [-0.2, 0) is 16.6 Å². The monoisotopic (exact) mass is 294 g/mol. The van der Waals surface area contributed by atoms with Crippen LogP contribution in [0.4, 0.5) is 0 Å². The molecule has 0 bridgehead atoms. The highest BCUT2D eigenvalue weighted by atomic mass is 32.2. The van der Waals surface area contributed by atoms with Gasteiger partial charge in [0.05, 0.1) is 17.7 Å². The zero-order chi connectivity index (χ0) is 14.6. The number of furan rings is 1. The van der Waals surface area contributed by atoms with Gasteiger partial charge in [0.1, 0.15) is 5.76 Å². The van der Waals surface area contributed by atoms with Crippen LogP contribution in [0.3, 0.4) is 0 Å². The number of hydrogen-bond acceptors (Lipinski definition) is 4. The van der Waals surface area contributed by atoms with Gasteiger partial charge in [-0.15, -0.1) is 0 Å². The van der Waals surface area contributed by atoms with Crippen LogP contribution < -0.4 is 10.0 Å². The lowest BCUT2D eigenvalue weighted by molar-refractivity contribution is 0.460. The van der Waals surface area contributed by atoms with E-state index in [2.05, 4.69) is 10.0 Å². The second-order valence-electron chi connectivity index (χ2n) is 4.46. The van der Waals surface area contributed by atoms with Crippen molar-refractivity contribution in [2.75, 3.05) is 7.05 Å². The molecule has 0 saturated heterocycles. The fraction of sp³-hybridized carbons (Fsp3) is 0.286. The van der Waals surface area contributed by atoms with E-state index in [1.165, 1.54) is 7.05 Å². The molecule has 0 saturated carbocycles. The minimum Gasteiger partial charge on any atom is -0.468 e. The molecule has 0 amide bonds. The molecule has 0 fully saturated rings. The SMILES string of the molecule is CNS(=O)(=O)c1ccc(C(C)NCc2ccco2)cc1. The summed E-state index contributed by atoms with van der Waals surface area (Å²) in [6.45, 7) is 2.65. The maximum Gasteiger partial charge on any atom is 0.240 e. The van der Waals surface area contributed by atoms with Crippen LogP contribution in [0.15, 0.2) is 52.0 Å². The van der Waals surface area contributed by atoms with Crippen LogP contribution in [0.25, 0.3) is 0 Å². The van der Waals surface area contributed by atoms with Crippen molar-refractivity contribution in [3.63, 3.8) is 0 Å². The number of sulfonamides is 1.